The Kier molecular flexibility index (Phi) is 3.93. The molecule has 0 saturated carbocycles. The molecule has 0 amide bonds. The van der Waals surface area contributed by atoms with Crippen molar-refractivity contribution in [1.82, 2.24) is 0 Å². The summed E-state index contributed by atoms with van der Waals surface area (Å²) in [4.78, 5) is 10.8. The van der Waals surface area contributed by atoms with Gasteiger partial charge in [-0.25, -0.2) is 4.79 Å². The molecule has 0 atom stereocenters. The lowest BCUT2D eigenvalue weighted by Gasteiger charge is -2.07. The molecule has 5 nitrogen and oxygen atoms in total. The van der Waals surface area contributed by atoms with Crippen LogP contribution in [0.25, 0.3) is 0 Å². The van der Waals surface area contributed by atoms with Crippen LogP contribution in [0.2, 0.25) is 0 Å². The number of carboxylic acids is 1. The van der Waals surface area contributed by atoms with Crippen LogP contribution < -0.4 is 9.47 Å². The summed E-state index contributed by atoms with van der Waals surface area (Å²) >= 11 is 0. The summed E-state index contributed by atoms with van der Waals surface area (Å²) in [7, 11) is 2.94. The Bertz CT molecular complexity index is 348. The molecule has 0 saturated heterocycles. The van der Waals surface area contributed by atoms with Crippen LogP contribution in [0.3, 0.4) is 0 Å². The van der Waals surface area contributed by atoms with E-state index in [1.807, 2.05) is 0 Å². The number of aromatic carboxylic acids is 1. The molecule has 1 N–H and O–H groups in total. The van der Waals surface area contributed by atoms with Gasteiger partial charge in [-0.1, -0.05) is 0 Å². The van der Waals surface area contributed by atoms with Gasteiger partial charge >= 0.3 is 5.97 Å². The topological polar surface area (TPSA) is 65.0 Å². The Morgan fingerprint density at radius 3 is 2.47 bits per heavy atom. The molecule has 0 aliphatic rings. The fourth-order valence-corrected chi connectivity index (χ4v) is 1.02. The number of hydrogen-bond donors (Lipinski definition) is 1. The van der Waals surface area contributed by atoms with E-state index >= 15 is 0 Å². The van der Waals surface area contributed by atoms with Crippen molar-refractivity contribution in [3.63, 3.8) is 0 Å². The SMILES string of the molecule is COCOc1cc(OC)cc(C(=O)O)c1. The molecule has 0 aliphatic carbocycles. The predicted octanol–water partition coefficient (Wildman–Crippen LogP) is 1.38. The summed E-state index contributed by atoms with van der Waals surface area (Å²) in [6.07, 6.45) is 0. The highest BCUT2D eigenvalue weighted by Gasteiger charge is 2.07. The fourth-order valence-electron chi connectivity index (χ4n) is 1.02. The average Bonchev–Trinajstić information content (AvgIpc) is 2.25. The molecule has 0 aromatic heterocycles. The van der Waals surface area contributed by atoms with Crippen molar-refractivity contribution in [3.05, 3.63) is 23.8 Å². The summed E-state index contributed by atoms with van der Waals surface area (Å²) in [5.41, 5.74) is 0.112. The molecule has 0 fully saturated rings. The minimum atomic E-state index is -1.03. The Hall–Kier alpha value is -1.75. The van der Waals surface area contributed by atoms with Gasteiger partial charge in [-0.2, -0.15) is 0 Å². The molecule has 0 unspecified atom stereocenters. The molecule has 5 heteroatoms. The Morgan fingerprint density at radius 2 is 1.93 bits per heavy atom. The highest BCUT2D eigenvalue weighted by molar-refractivity contribution is 5.88. The van der Waals surface area contributed by atoms with Crippen LogP contribution in [0.5, 0.6) is 11.5 Å². The zero-order valence-corrected chi connectivity index (χ0v) is 8.52. The molecule has 0 heterocycles. The van der Waals surface area contributed by atoms with Gasteiger partial charge in [-0.05, 0) is 12.1 Å². The molecule has 1 aromatic rings. The zero-order valence-electron chi connectivity index (χ0n) is 8.52. The first-order chi connectivity index (χ1) is 7.17. The molecule has 1 aromatic carbocycles. The summed E-state index contributed by atoms with van der Waals surface area (Å²) < 4.78 is 14.8. The van der Waals surface area contributed by atoms with E-state index in [0.717, 1.165) is 0 Å². The monoisotopic (exact) mass is 212 g/mol. The Labute approximate surface area is 87.2 Å². The van der Waals surface area contributed by atoms with E-state index in [-0.39, 0.29) is 12.4 Å². The summed E-state index contributed by atoms with van der Waals surface area (Å²) in [5, 5.41) is 8.81. The van der Waals surface area contributed by atoms with Crippen molar-refractivity contribution >= 4 is 5.97 Å². The van der Waals surface area contributed by atoms with Crippen molar-refractivity contribution in [2.24, 2.45) is 0 Å². The second-order valence-corrected chi connectivity index (χ2v) is 2.75. The second kappa shape index (κ2) is 5.21. The number of carbonyl (C=O) groups is 1. The molecular weight excluding hydrogens is 200 g/mol. The molecule has 1 rings (SSSR count). The normalized spacial score (nSPS) is 9.73. The van der Waals surface area contributed by atoms with Crippen molar-refractivity contribution in [2.45, 2.75) is 0 Å². The van der Waals surface area contributed by atoms with Gasteiger partial charge in [0.15, 0.2) is 6.79 Å². The van der Waals surface area contributed by atoms with Crippen LogP contribution in [0.15, 0.2) is 18.2 Å². The van der Waals surface area contributed by atoms with Gasteiger partial charge < -0.3 is 19.3 Å². The fraction of sp³-hybridized carbons (Fsp3) is 0.300. The van der Waals surface area contributed by atoms with Gasteiger partial charge in [-0.15, -0.1) is 0 Å². The van der Waals surface area contributed by atoms with E-state index < -0.39 is 5.97 Å². The standard InChI is InChI=1S/C10H12O5/c1-13-6-15-9-4-7(10(11)12)3-8(5-9)14-2/h3-5H,6H2,1-2H3,(H,11,12). The number of rotatable bonds is 5. The van der Waals surface area contributed by atoms with E-state index in [2.05, 4.69) is 0 Å². The average molecular weight is 212 g/mol. The number of hydrogen-bond acceptors (Lipinski definition) is 4. The first kappa shape index (κ1) is 11.3. The van der Waals surface area contributed by atoms with Crippen molar-refractivity contribution in [1.29, 1.82) is 0 Å². The van der Waals surface area contributed by atoms with Gasteiger partial charge in [0.1, 0.15) is 11.5 Å². The van der Waals surface area contributed by atoms with Crippen molar-refractivity contribution in [3.8, 4) is 11.5 Å². The van der Waals surface area contributed by atoms with Crippen LogP contribution in [0, 0.1) is 0 Å². The van der Waals surface area contributed by atoms with E-state index in [0.29, 0.717) is 11.5 Å². The van der Waals surface area contributed by atoms with Crippen LogP contribution >= 0.6 is 0 Å². The van der Waals surface area contributed by atoms with Crippen LogP contribution in [-0.4, -0.2) is 32.1 Å². The maximum absolute atomic E-state index is 10.8. The summed E-state index contributed by atoms with van der Waals surface area (Å²) in [5.74, 6) is -0.203. The summed E-state index contributed by atoms with van der Waals surface area (Å²) in [6, 6.07) is 4.41. The second-order valence-electron chi connectivity index (χ2n) is 2.75. The number of benzene rings is 1. The van der Waals surface area contributed by atoms with Gasteiger partial charge in [0.25, 0.3) is 0 Å². The van der Waals surface area contributed by atoms with Gasteiger partial charge in [0.05, 0.1) is 12.7 Å². The first-order valence-electron chi connectivity index (χ1n) is 4.21. The van der Waals surface area contributed by atoms with E-state index in [9.17, 15) is 4.79 Å². The highest BCUT2D eigenvalue weighted by atomic mass is 16.7. The lowest BCUT2D eigenvalue weighted by atomic mass is 10.2. The first-order valence-corrected chi connectivity index (χ1v) is 4.21. The molecule has 0 radical (unpaired) electrons. The predicted molar refractivity (Wildman–Crippen MR) is 52.5 cm³/mol. The smallest absolute Gasteiger partial charge is 0.335 e. The third-order valence-electron chi connectivity index (χ3n) is 1.71. The highest BCUT2D eigenvalue weighted by Crippen LogP contribution is 2.22. The van der Waals surface area contributed by atoms with Crippen LogP contribution in [-0.2, 0) is 4.74 Å². The molecule has 0 bridgehead atoms. The lowest BCUT2D eigenvalue weighted by Crippen LogP contribution is -2.02. The minimum absolute atomic E-state index is 0.0617. The third-order valence-corrected chi connectivity index (χ3v) is 1.71. The Morgan fingerprint density at radius 1 is 1.27 bits per heavy atom. The maximum atomic E-state index is 10.8. The molecule has 82 valence electrons. The van der Waals surface area contributed by atoms with Gasteiger partial charge in [0.2, 0.25) is 0 Å². The van der Waals surface area contributed by atoms with E-state index in [4.69, 9.17) is 19.3 Å². The minimum Gasteiger partial charge on any atom is -0.497 e. The Balaban J connectivity index is 2.95. The summed E-state index contributed by atoms with van der Waals surface area (Å²) in [6.45, 7) is 0.0617. The molecule has 0 aliphatic heterocycles. The van der Waals surface area contributed by atoms with E-state index in [1.54, 1.807) is 6.07 Å². The van der Waals surface area contributed by atoms with Crippen LogP contribution in [0.4, 0.5) is 0 Å². The number of methoxy groups -OCH3 is 2. The van der Waals surface area contributed by atoms with Crippen molar-refractivity contribution in [2.75, 3.05) is 21.0 Å². The van der Waals surface area contributed by atoms with E-state index in [1.165, 1.54) is 26.4 Å². The van der Waals surface area contributed by atoms with Gasteiger partial charge in [0, 0.05) is 13.2 Å². The molecule has 15 heavy (non-hydrogen) atoms. The molecular formula is C10H12O5. The lowest BCUT2D eigenvalue weighted by molar-refractivity contribution is 0.0506. The largest absolute Gasteiger partial charge is 0.497 e. The quantitative estimate of drug-likeness (QED) is 0.747. The molecule has 0 spiro atoms. The third kappa shape index (κ3) is 3.14. The van der Waals surface area contributed by atoms with Crippen LogP contribution in [0.1, 0.15) is 10.4 Å². The number of carboxylic acid groups (broad SMARTS) is 1. The maximum Gasteiger partial charge on any atom is 0.335 e. The van der Waals surface area contributed by atoms with Gasteiger partial charge in [-0.3, -0.25) is 0 Å². The van der Waals surface area contributed by atoms with Crippen molar-refractivity contribution < 1.29 is 24.1 Å². The zero-order chi connectivity index (χ0) is 11.3. The number of ether oxygens (including phenoxy) is 3.